The van der Waals surface area contributed by atoms with Crippen LogP contribution in [0.15, 0.2) is 21.5 Å². The summed E-state index contributed by atoms with van der Waals surface area (Å²) >= 11 is 3.12. The fraction of sp³-hybridized carbons (Fsp3) is 0.500. The fourth-order valence-corrected chi connectivity index (χ4v) is 4.15. The summed E-state index contributed by atoms with van der Waals surface area (Å²) in [5, 5.41) is 9.03. The van der Waals surface area contributed by atoms with Gasteiger partial charge in [0, 0.05) is 16.1 Å². The molecule has 0 saturated heterocycles. The summed E-state index contributed by atoms with van der Waals surface area (Å²) in [6.45, 7) is 1.44. The lowest BCUT2D eigenvalue weighted by Crippen LogP contribution is -2.28. The standard InChI is InChI=1S/C12H15BrFNO3S/c1-2-7-4-10(7)15-19(17,18)11-5-9(13)3-8(6-16)12(11)14/h3,5,7,10,15-16H,2,4,6H2,1H3. The van der Waals surface area contributed by atoms with Crippen LogP contribution in [0, 0.1) is 11.7 Å². The van der Waals surface area contributed by atoms with Crippen LogP contribution < -0.4 is 4.72 Å². The number of sulfonamides is 1. The summed E-state index contributed by atoms with van der Waals surface area (Å²) < 4.78 is 41.2. The molecule has 19 heavy (non-hydrogen) atoms. The molecule has 1 saturated carbocycles. The van der Waals surface area contributed by atoms with Gasteiger partial charge in [-0.3, -0.25) is 0 Å². The molecule has 0 bridgehead atoms. The van der Waals surface area contributed by atoms with Crippen molar-refractivity contribution in [3.63, 3.8) is 0 Å². The molecule has 1 aliphatic rings. The highest BCUT2D eigenvalue weighted by Gasteiger charge is 2.39. The van der Waals surface area contributed by atoms with E-state index in [1.165, 1.54) is 12.1 Å². The zero-order valence-electron chi connectivity index (χ0n) is 10.4. The van der Waals surface area contributed by atoms with Crippen molar-refractivity contribution in [2.45, 2.75) is 37.3 Å². The molecule has 1 fully saturated rings. The normalized spacial score (nSPS) is 22.5. The molecule has 1 aromatic carbocycles. The van der Waals surface area contributed by atoms with Gasteiger partial charge < -0.3 is 5.11 Å². The van der Waals surface area contributed by atoms with Crippen LogP contribution in [0.3, 0.4) is 0 Å². The second kappa shape index (κ2) is 5.47. The van der Waals surface area contributed by atoms with Crippen LogP contribution in [0.25, 0.3) is 0 Å². The maximum atomic E-state index is 14.0. The third kappa shape index (κ3) is 3.16. The van der Waals surface area contributed by atoms with Crippen LogP contribution in [0.4, 0.5) is 4.39 Å². The average Bonchev–Trinajstić information content (AvgIpc) is 3.09. The van der Waals surface area contributed by atoms with Crippen molar-refractivity contribution in [2.75, 3.05) is 0 Å². The highest BCUT2D eigenvalue weighted by molar-refractivity contribution is 9.10. The summed E-state index contributed by atoms with van der Waals surface area (Å²) in [4.78, 5) is -0.423. The van der Waals surface area contributed by atoms with Crippen LogP contribution in [0.2, 0.25) is 0 Å². The van der Waals surface area contributed by atoms with Crippen LogP contribution >= 0.6 is 15.9 Å². The van der Waals surface area contributed by atoms with E-state index in [4.69, 9.17) is 5.11 Å². The Labute approximate surface area is 120 Å². The minimum Gasteiger partial charge on any atom is -0.392 e. The molecule has 0 aromatic heterocycles. The van der Waals surface area contributed by atoms with Gasteiger partial charge in [0.1, 0.15) is 10.7 Å². The number of hydrogen-bond donors (Lipinski definition) is 2. The van der Waals surface area contributed by atoms with Gasteiger partial charge in [0.15, 0.2) is 0 Å². The van der Waals surface area contributed by atoms with Crippen molar-refractivity contribution < 1.29 is 17.9 Å². The number of halogens is 2. The van der Waals surface area contributed by atoms with Crippen molar-refractivity contribution in [3.8, 4) is 0 Å². The maximum Gasteiger partial charge on any atom is 0.243 e. The van der Waals surface area contributed by atoms with Crippen molar-refractivity contribution >= 4 is 26.0 Å². The van der Waals surface area contributed by atoms with Crippen LogP contribution in [-0.4, -0.2) is 19.6 Å². The Morgan fingerprint density at radius 1 is 1.53 bits per heavy atom. The monoisotopic (exact) mass is 351 g/mol. The molecule has 2 atom stereocenters. The van der Waals surface area contributed by atoms with E-state index in [-0.39, 0.29) is 11.6 Å². The largest absolute Gasteiger partial charge is 0.392 e. The lowest BCUT2D eigenvalue weighted by Gasteiger charge is -2.10. The summed E-state index contributed by atoms with van der Waals surface area (Å²) in [7, 11) is -3.89. The first kappa shape index (κ1) is 14.9. The number of nitrogens with one attached hydrogen (secondary N) is 1. The van der Waals surface area contributed by atoms with E-state index in [9.17, 15) is 12.8 Å². The van der Waals surface area contributed by atoms with Crippen molar-refractivity contribution in [1.29, 1.82) is 0 Å². The van der Waals surface area contributed by atoms with Gasteiger partial charge in [-0.25, -0.2) is 17.5 Å². The zero-order valence-corrected chi connectivity index (χ0v) is 12.8. The summed E-state index contributed by atoms with van der Waals surface area (Å²) in [5.74, 6) is -0.561. The van der Waals surface area contributed by atoms with Gasteiger partial charge in [-0.15, -0.1) is 0 Å². The van der Waals surface area contributed by atoms with Gasteiger partial charge in [-0.05, 0) is 24.5 Å². The predicted octanol–water partition coefficient (Wildman–Crippen LogP) is 2.16. The Morgan fingerprint density at radius 3 is 2.74 bits per heavy atom. The van der Waals surface area contributed by atoms with Gasteiger partial charge in [0.2, 0.25) is 10.0 Å². The summed E-state index contributed by atoms with van der Waals surface area (Å²) in [5.41, 5.74) is -0.0439. The lowest BCUT2D eigenvalue weighted by molar-refractivity contribution is 0.274. The van der Waals surface area contributed by atoms with E-state index in [0.717, 1.165) is 12.8 Å². The summed E-state index contributed by atoms with van der Waals surface area (Å²) in [6, 6.07) is 2.46. The second-order valence-electron chi connectivity index (χ2n) is 4.67. The quantitative estimate of drug-likeness (QED) is 0.854. The smallest absolute Gasteiger partial charge is 0.243 e. The highest BCUT2D eigenvalue weighted by atomic mass is 79.9. The maximum absolute atomic E-state index is 14.0. The number of benzene rings is 1. The molecule has 0 heterocycles. The molecule has 0 amide bonds. The van der Waals surface area contributed by atoms with Crippen LogP contribution in [0.5, 0.6) is 0 Å². The van der Waals surface area contributed by atoms with Crippen molar-refractivity contribution in [1.82, 2.24) is 4.72 Å². The van der Waals surface area contributed by atoms with Crippen LogP contribution in [-0.2, 0) is 16.6 Å². The molecule has 106 valence electrons. The molecule has 1 aromatic rings. The van der Waals surface area contributed by atoms with Gasteiger partial charge in [0.05, 0.1) is 6.61 Å². The fourth-order valence-electron chi connectivity index (χ4n) is 2.03. The van der Waals surface area contributed by atoms with Gasteiger partial charge in [0.25, 0.3) is 0 Å². The highest BCUT2D eigenvalue weighted by Crippen LogP contribution is 2.35. The molecule has 0 radical (unpaired) electrons. The molecular formula is C12H15BrFNO3S. The van der Waals surface area contributed by atoms with E-state index >= 15 is 0 Å². The molecule has 4 nitrogen and oxygen atoms in total. The zero-order chi connectivity index (χ0) is 14.2. The molecule has 0 spiro atoms. The first-order chi connectivity index (χ1) is 8.89. The minimum atomic E-state index is -3.89. The van der Waals surface area contributed by atoms with Gasteiger partial charge in [-0.1, -0.05) is 29.3 Å². The summed E-state index contributed by atoms with van der Waals surface area (Å²) in [6.07, 6.45) is 1.69. The average molecular weight is 352 g/mol. The first-order valence-corrected chi connectivity index (χ1v) is 8.27. The second-order valence-corrected chi connectivity index (χ2v) is 7.27. The third-order valence-corrected chi connectivity index (χ3v) is 5.24. The van der Waals surface area contributed by atoms with Gasteiger partial charge >= 0.3 is 0 Å². The van der Waals surface area contributed by atoms with E-state index in [0.29, 0.717) is 10.4 Å². The number of hydrogen-bond acceptors (Lipinski definition) is 3. The molecule has 1 aliphatic carbocycles. The number of aliphatic hydroxyl groups is 1. The Hall–Kier alpha value is -0.500. The lowest BCUT2D eigenvalue weighted by atomic mass is 10.2. The molecular weight excluding hydrogens is 337 g/mol. The number of aliphatic hydroxyl groups excluding tert-OH is 1. The van der Waals surface area contributed by atoms with Crippen LogP contribution in [0.1, 0.15) is 25.3 Å². The molecule has 0 aliphatic heterocycles. The Morgan fingerprint density at radius 2 is 2.21 bits per heavy atom. The first-order valence-electron chi connectivity index (χ1n) is 6.00. The molecule has 2 rings (SSSR count). The van der Waals surface area contributed by atoms with E-state index in [1.54, 1.807) is 0 Å². The van der Waals surface area contributed by atoms with E-state index in [2.05, 4.69) is 20.7 Å². The van der Waals surface area contributed by atoms with Crippen molar-refractivity contribution in [2.24, 2.45) is 5.92 Å². The third-order valence-electron chi connectivity index (χ3n) is 3.29. The predicted molar refractivity (Wildman–Crippen MR) is 72.5 cm³/mol. The van der Waals surface area contributed by atoms with Crippen molar-refractivity contribution in [3.05, 3.63) is 28.0 Å². The van der Waals surface area contributed by atoms with Gasteiger partial charge in [-0.2, -0.15) is 0 Å². The Balaban J connectivity index is 2.32. The van der Waals surface area contributed by atoms with E-state index in [1.807, 2.05) is 6.92 Å². The molecule has 2 N–H and O–H groups in total. The molecule has 2 unspecified atom stereocenters. The Kier molecular flexibility index (Phi) is 4.29. The minimum absolute atomic E-state index is 0.0439. The Bertz CT molecular complexity index is 591. The topological polar surface area (TPSA) is 66.4 Å². The molecule has 7 heteroatoms. The van der Waals surface area contributed by atoms with E-state index < -0.39 is 27.3 Å². The number of rotatable bonds is 5. The SMILES string of the molecule is CCC1CC1NS(=O)(=O)c1cc(Br)cc(CO)c1F.